The minimum Gasteiger partial charge on any atom is -0.245 e. The van der Waals surface area contributed by atoms with Crippen LogP contribution in [0.25, 0.3) is 10.2 Å². The number of hydrogen-bond acceptors (Lipinski definition) is 2. The van der Waals surface area contributed by atoms with Gasteiger partial charge in [-0.25, -0.2) is 4.98 Å². The smallest absolute Gasteiger partial charge is 0.0814 e. The number of thiazole rings is 1. The third kappa shape index (κ3) is 1.23. The molecule has 12 heavy (non-hydrogen) atoms. The zero-order valence-corrected chi connectivity index (χ0v) is 7.98. The van der Waals surface area contributed by atoms with E-state index in [1.54, 1.807) is 5.51 Å². The summed E-state index contributed by atoms with van der Waals surface area (Å²) in [5.41, 5.74) is 3.96. The van der Waals surface area contributed by atoms with Crippen LogP contribution >= 0.6 is 11.3 Å². The van der Waals surface area contributed by atoms with Crippen LogP contribution in [0.4, 0.5) is 0 Å². The van der Waals surface area contributed by atoms with Gasteiger partial charge in [-0.3, -0.25) is 0 Å². The standard InChI is InChI=1S/C10H11NS/c1-7(2)8-3-4-10-9(5-8)11-6-12-10/h3-7H,1-2H3/i4T. The van der Waals surface area contributed by atoms with E-state index in [0.717, 1.165) is 10.2 Å². The van der Waals surface area contributed by atoms with E-state index in [4.69, 9.17) is 1.37 Å². The van der Waals surface area contributed by atoms with Gasteiger partial charge in [-0.2, -0.15) is 0 Å². The molecule has 1 aromatic heterocycles. The molecular formula is C10H11NS. The van der Waals surface area contributed by atoms with Gasteiger partial charge >= 0.3 is 0 Å². The highest BCUT2D eigenvalue weighted by atomic mass is 32.1. The fraction of sp³-hybridized carbons (Fsp3) is 0.300. The Balaban J connectivity index is 2.70. The molecule has 0 amide bonds. The summed E-state index contributed by atoms with van der Waals surface area (Å²) in [4.78, 5) is 4.22. The molecule has 1 aromatic carbocycles. The Hall–Kier alpha value is -0.890. The van der Waals surface area contributed by atoms with Crippen LogP contribution in [-0.4, -0.2) is 4.98 Å². The van der Waals surface area contributed by atoms with Crippen LogP contribution in [0.3, 0.4) is 0 Å². The summed E-state index contributed by atoms with van der Waals surface area (Å²) in [6.07, 6.45) is 0. The van der Waals surface area contributed by atoms with Gasteiger partial charge in [0.25, 0.3) is 0 Å². The molecule has 1 nitrogen and oxygen atoms in total. The molecular weight excluding hydrogens is 166 g/mol. The van der Waals surface area contributed by atoms with Gasteiger partial charge in [0.15, 0.2) is 0 Å². The molecule has 2 heteroatoms. The summed E-state index contributed by atoms with van der Waals surface area (Å²) in [5, 5.41) is 0. The van der Waals surface area contributed by atoms with Crippen LogP contribution in [0.15, 0.2) is 23.7 Å². The van der Waals surface area contributed by atoms with E-state index in [1.807, 2.05) is 6.07 Å². The molecule has 0 spiro atoms. The highest BCUT2D eigenvalue weighted by molar-refractivity contribution is 7.16. The summed E-state index contributed by atoms with van der Waals surface area (Å²) in [7, 11) is 0. The maximum Gasteiger partial charge on any atom is 0.0814 e. The van der Waals surface area contributed by atoms with Gasteiger partial charge in [-0.05, 0) is 23.6 Å². The Kier molecular flexibility index (Phi) is 1.58. The highest BCUT2D eigenvalue weighted by Gasteiger charge is 2.01. The number of fused-ring (bicyclic) bond motifs is 1. The lowest BCUT2D eigenvalue weighted by Gasteiger charge is -2.03. The van der Waals surface area contributed by atoms with E-state index in [9.17, 15) is 0 Å². The molecule has 0 N–H and O–H groups in total. The van der Waals surface area contributed by atoms with E-state index in [1.165, 1.54) is 16.9 Å². The third-order valence-electron chi connectivity index (χ3n) is 1.93. The number of hydrogen-bond donors (Lipinski definition) is 0. The predicted molar refractivity (Wildman–Crippen MR) is 53.7 cm³/mol. The van der Waals surface area contributed by atoms with Crippen molar-refractivity contribution in [2.45, 2.75) is 19.8 Å². The zero-order valence-electron chi connectivity index (χ0n) is 8.16. The fourth-order valence-corrected chi connectivity index (χ4v) is 1.78. The number of aromatic nitrogens is 1. The molecule has 0 saturated carbocycles. The van der Waals surface area contributed by atoms with Crippen LogP contribution in [0.5, 0.6) is 0 Å². The number of nitrogens with zero attached hydrogens (tertiary/aromatic N) is 1. The predicted octanol–water partition coefficient (Wildman–Crippen LogP) is 3.42. The fourth-order valence-electron chi connectivity index (χ4n) is 1.15. The van der Waals surface area contributed by atoms with Gasteiger partial charge in [0.1, 0.15) is 0 Å². The van der Waals surface area contributed by atoms with Gasteiger partial charge in [0.05, 0.1) is 17.1 Å². The van der Waals surface area contributed by atoms with Crippen molar-refractivity contribution in [3.05, 3.63) is 29.2 Å². The first-order valence-corrected chi connectivity index (χ1v) is 4.90. The van der Waals surface area contributed by atoms with E-state index >= 15 is 0 Å². The summed E-state index contributed by atoms with van der Waals surface area (Å²) in [5.74, 6) is 0.468. The first-order valence-electron chi connectivity index (χ1n) is 4.52. The van der Waals surface area contributed by atoms with E-state index in [-0.39, 0.29) is 0 Å². The molecule has 0 radical (unpaired) electrons. The lowest BCUT2D eigenvalue weighted by atomic mass is 10.0. The van der Waals surface area contributed by atoms with Crippen molar-refractivity contribution in [2.24, 2.45) is 0 Å². The monoisotopic (exact) mass is 179 g/mol. The molecule has 0 unspecified atom stereocenters. The first-order chi connectivity index (χ1) is 6.18. The normalized spacial score (nSPS) is 12.4. The molecule has 0 aliphatic carbocycles. The maximum atomic E-state index is 7.78. The van der Waals surface area contributed by atoms with E-state index in [0.29, 0.717) is 12.0 Å². The molecule has 62 valence electrons. The first kappa shape index (κ1) is 6.61. The van der Waals surface area contributed by atoms with Crippen molar-refractivity contribution in [1.29, 1.82) is 0 Å². The number of benzene rings is 1. The average Bonchev–Trinajstić information content (AvgIpc) is 2.51. The van der Waals surface area contributed by atoms with E-state index in [2.05, 4.69) is 24.9 Å². The largest absolute Gasteiger partial charge is 0.245 e. The molecule has 0 aliphatic heterocycles. The van der Waals surface area contributed by atoms with Crippen LogP contribution in [0, 0.1) is 0 Å². The molecule has 2 aromatic rings. The summed E-state index contributed by atoms with van der Waals surface area (Å²) < 4.78 is 8.78. The summed E-state index contributed by atoms with van der Waals surface area (Å²) in [6.45, 7) is 4.26. The SMILES string of the molecule is [3H]c1cc(C(C)C)cc2ncsc12. The zero-order chi connectivity index (χ0) is 9.42. The molecule has 0 fully saturated rings. The van der Waals surface area contributed by atoms with Gasteiger partial charge in [0, 0.05) is 0 Å². The summed E-state index contributed by atoms with van der Waals surface area (Å²) in [6, 6.07) is 4.61. The lowest BCUT2D eigenvalue weighted by Crippen LogP contribution is -1.85. The topological polar surface area (TPSA) is 12.9 Å². The molecule has 1 heterocycles. The minimum atomic E-state index is 0.468. The van der Waals surface area contributed by atoms with Gasteiger partial charge in [-0.1, -0.05) is 19.9 Å². The van der Waals surface area contributed by atoms with Gasteiger partial charge in [0.2, 0.25) is 0 Å². The molecule has 0 atom stereocenters. The van der Waals surface area contributed by atoms with Gasteiger partial charge in [-0.15, -0.1) is 11.3 Å². The molecule has 0 aliphatic rings. The van der Waals surface area contributed by atoms with Crippen molar-refractivity contribution in [3.63, 3.8) is 0 Å². The van der Waals surface area contributed by atoms with Gasteiger partial charge < -0.3 is 0 Å². The maximum absolute atomic E-state index is 7.78. The van der Waals surface area contributed by atoms with E-state index < -0.39 is 0 Å². The Morgan fingerprint density at radius 3 is 3.17 bits per heavy atom. The average molecular weight is 179 g/mol. The lowest BCUT2D eigenvalue weighted by molar-refractivity contribution is 0.868. The van der Waals surface area contributed by atoms with Crippen molar-refractivity contribution in [3.8, 4) is 0 Å². The van der Waals surface area contributed by atoms with Crippen molar-refractivity contribution in [1.82, 2.24) is 4.98 Å². The Morgan fingerprint density at radius 2 is 2.42 bits per heavy atom. The second kappa shape index (κ2) is 2.87. The Labute approximate surface area is 77.5 Å². The Morgan fingerprint density at radius 1 is 1.58 bits per heavy atom. The second-order valence-electron chi connectivity index (χ2n) is 3.15. The molecule has 2 rings (SSSR count). The highest BCUT2D eigenvalue weighted by Crippen LogP contribution is 2.22. The number of rotatable bonds is 1. The van der Waals surface area contributed by atoms with Crippen LogP contribution in [0.2, 0.25) is 0 Å². The molecule has 0 saturated heterocycles. The Bertz CT molecular complexity index is 433. The molecule has 0 bridgehead atoms. The second-order valence-corrected chi connectivity index (χ2v) is 4.01. The van der Waals surface area contributed by atoms with Crippen LogP contribution < -0.4 is 0 Å². The third-order valence-corrected chi connectivity index (χ3v) is 2.71. The quantitative estimate of drug-likeness (QED) is 0.653. The van der Waals surface area contributed by atoms with Crippen LogP contribution in [-0.2, 0) is 0 Å². The van der Waals surface area contributed by atoms with Crippen LogP contribution in [0.1, 0.15) is 26.7 Å². The van der Waals surface area contributed by atoms with Crippen molar-refractivity contribution < 1.29 is 1.37 Å². The van der Waals surface area contributed by atoms with Crippen molar-refractivity contribution in [2.75, 3.05) is 0 Å². The van der Waals surface area contributed by atoms with Crippen molar-refractivity contribution >= 4 is 21.6 Å². The minimum absolute atomic E-state index is 0.468. The summed E-state index contributed by atoms with van der Waals surface area (Å²) >= 11 is 1.54.